The standard InChI is InChI=1S/C20H23BrN2O2/c1-13(2)18(23-19(24)16-7-5-4-6-8-16)20(25)22-14(3)15-9-11-17(21)12-10-15/h4-14,18H,1-3H3,(H,22,25)(H,23,24). The lowest BCUT2D eigenvalue weighted by molar-refractivity contribution is -0.124. The number of amides is 2. The van der Waals surface area contributed by atoms with Crippen molar-refractivity contribution in [2.24, 2.45) is 5.92 Å². The van der Waals surface area contributed by atoms with E-state index in [4.69, 9.17) is 0 Å². The van der Waals surface area contributed by atoms with Crippen molar-refractivity contribution < 1.29 is 9.59 Å². The minimum Gasteiger partial charge on any atom is -0.348 e. The topological polar surface area (TPSA) is 58.2 Å². The Labute approximate surface area is 157 Å². The van der Waals surface area contributed by atoms with Gasteiger partial charge in [-0.2, -0.15) is 0 Å². The Morgan fingerprint density at radius 1 is 0.880 bits per heavy atom. The summed E-state index contributed by atoms with van der Waals surface area (Å²) in [6, 6.07) is 16.0. The summed E-state index contributed by atoms with van der Waals surface area (Å²) in [7, 11) is 0. The molecule has 2 amide bonds. The van der Waals surface area contributed by atoms with Crippen LogP contribution in [0.15, 0.2) is 59.1 Å². The van der Waals surface area contributed by atoms with Gasteiger partial charge in [-0.05, 0) is 42.7 Å². The van der Waals surface area contributed by atoms with Crippen molar-refractivity contribution in [2.75, 3.05) is 0 Å². The Morgan fingerprint density at radius 2 is 1.48 bits per heavy atom. The van der Waals surface area contributed by atoms with Gasteiger partial charge in [-0.15, -0.1) is 0 Å². The summed E-state index contributed by atoms with van der Waals surface area (Å²) in [4.78, 5) is 25.0. The molecule has 5 heteroatoms. The third kappa shape index (κ3) is 5.43. The van der Waals surface area contributed by atoms with Gasteiger partial charge in [0.15, 0.2) is 0 Å². The Kier molecular flexibility index (Phi) is 6.76. The Balaban J connectivity index is 2.05. The molecule has 132 valence electrons. The molecule has 0 bridgehead atoms. The predicted octanol–water partition coefficient (Wildman–Crippen LogP) is 4.08. The second kappa shape index (κ2) is 8.81. The number of rotatable bonds is 6. The van der Waals surface area contributed by atoms with Crippen LogP contribution in [0, 0.1) is 5.92 Å². The molecule has 0 fully saturated rings. The fraction of sp³-hybridized carbons (Fsp3) is 0.300. The molecule has 2 aromatic rings. The van der Waals surface area contributed by atoms with Crippen molar-refractivity contribution in [3.8, 4) is 0 Å². The zero-order chi connectivity index (χ0) is 18.4. The summed E-state index contributed by atoms with van der Waals surface area (Å²) in [6.07, 6.45) is 0. The summed E-state index contributed by atoms with van der Waals surface area (Å²) in [5.74, 6) is -0.453. The summed E-state index contributed by atoms with van der Waals surface area (Å²) >= 11 is 3.40. The summed E-state index contributed by atoms with van der Waals surface area (Å²) in [6.45, 7) is 5.76. The summed E-state index contributed by atoms with van der Waals surface area (Å²) in [5.41, 5.74) is 1.55. The second-order valence-electron chi connectivity index (χ2n) is 6.34. The first-order valence-corrected chi connectivity index (χ1v) is 9.09. The Hall–Kier alpha value is -2.14. The zero-order valence-corrected chi connectivity index (χ0v) is 16.2. The van der Waals surface area contributed by atoms with Gasteiger partial charge in [0, 0.05) is 10.0 Å². The van der Waals surface area contributed by atoms with Crippen molar-refractivity contribution in [2.45, 2.75) is 32.9 Å². The smallest absolute Gasteiger partial charge is 0.251 e. The largest absolute Gasteiger partial charge is 0.348 e. The molecule has 4 nitrogen and oxygen atoms in total. The van der Waals surface area contributed by atoms with E-state index < -0.39 is 6.04 Å². The van der Waals surface area contributed by atoms with Crippen LogP contribution < -0.4 is 10.6 Å². The molecule has 0 aliphatic heterocycles. The van der Waals surface area contributed by atoms with E-state index >= 15 is 0 Å². The number of halogens is 1. The lowest BCUT2D eigenvalue weighted by atomic mass is 10.0. The second-order valence-corrected chi connectivity index (χ2v) is 7.26. The average molecular weight is 403 g/mol. The monoisotopic (exact) mass is 402 g/mol. The van der Waals surface area contributed by atoms with Crippen LogP contribution in [0.5, 0.6) is 0 Å². The average Bonchev–Trinajstić information content (AvgIpc) is 2.60. The molecular weight excluding hydrogens is 380 g/mol. The minimum absolute atomic E-state index is 0.0234. The quantitative estimate of drug-likeness (QED) is 0.764. The van der Waals surface area contributed by atoms with Crippen LogP contribution in [0.2, 0.25) is 0 Å². The molecule has 0 saturated carbocycles. The molecule has 0 aliphatic rings. The highest BCUT2D eigenvalue weighted by Crippen LogP contribution is 2.17. The fourth-order valence-electron chi connectivity index (χ4n) is 2.49. The van der Waals surface area contributed by atoms with Crippen LogP contribution in [0.1, 0.15) is 42.7 Å². The first-order valence-electron chi connectivity index (χ1n) is 8.30. The lowest BCUT2D eigenvalue weighted by Gasteiger charge is -2.24. The number of nitrogens with one attached hydrogen (secondary N) is 2. The Morgan fingerprint density at radius 3 is 2.04 bits per heavy atom. The zero-order valence-electron chi connectivity index (χ0n) is 14.6. The maximum atomic E-state index is 12.7. The molecule has 0 heterocycles. The molecule has 2 rings (SSSR count). The molecule has 2 atom stereocenters. The molecule has 2 aromatic carbocycles. The third-order valence-corrected chi connectivity index (χ3v) is 4.53. The van der Waals surface area contributed by atoms with E-state index in [1.54, 1.807) is 24.3 Å². The van der Waals surface area contributed by atoms with Crippen LogP contribution >= 0.6 is 15.9 Å². The van der Waals surface area contributed by atoms with Gasteiger partial charge in [0.05, 0.1) is 6.04 Å². The van der Waals surface area contributed by atoms with Gasteiger partial charge in [-0.25, -0.2) is 0 Å². The van der Waals surface area contributed by atoms with E-state index in [0.717, 1.165) is 10.0 Å². The lowest BCUT2D eigenvalue weighted by Crippen LogP contribution is -2.50. The van der Waals surface area contributed by atoms with E-state index in [-0.39, 0.29) is 23.8 Å². The number of carbonyl (C=O) groups is 2. The number of benzene rings is 2. The summed E-state index contributed by atoms with van der Waals surface area (Å²) < 4.78 is 0.991. The van der Waals surface area contributed by atoms with E-state index in [1.807, 2.05) is 51.1 Å². The molecule has 2 N–H and O–H groups in total. The molecule has 25 heavy (non-hydrogen) atoms. The van der Waals surface area contributed by atoms with Crippen molar-refractivity contribution in [1.29, 1.82) is 0 Å². The van der Waals surface area contributed by atoms with Crippen molar-refractivity contribution in [1.82, 2.24) is 10.6 Å². The van der Waals surface area contributed by atoms with Crippen LogP contribution in [0.25, 0.3) is 0 Å². The Bertz CT molecular complexity index is 714. The van der Waals surface area contributed by atoms with Gasteiger partial charge >= 0.3 is 0 Å². The molecule has 2 unspecified atom stereocenters. The van der Waals surface area contributed by atoms with Gasteiger partial charge < -0.3 is 10.6 Å². The van der Waals surface area contributed by atoms with Gasteiger partial charge in [0.2, 0.25) is 5.91 Å². The van der Waals surface area contributed by atoms with E-state index in [0.29, 0.717) is 5.56 Å². The van der Waals surface area contributed by atoms with Crippen molar-refractivity contribution in [3.05, 3.63) is 70.2 Å². The van der Waals surface area contributed by atoms with Crippen LogP contribution in [0.4, 0.5) is 0 Å². The fourth-order valence-corrected chi connectivity index (χ4v) is 2.75. The number of hydrogen-bond donors (Lipinski definition) is 2. The number of hydrogen-bond acceptors (Lipinski definition) is 2. The van der Waals surface area contributed by atoms with E-state index in [1.165, 1.54) is 0 Å². The molecule has 0 aliphatic carbocycles. The third-order valence-electron chi connectivity index (χ3n) is 4.00. The maximum absolute atomic E-state index is 12.7. The highest BCUT2D eigenvalue weighted by molar-refractivity contribution is 9.10. The normalized spacial score (nSPS) is 13.2. The van der Waals surface area contributed by atoms with Crippen LogP contribution in [0.3, 0.4) is 0 Å². The molecule has 0 saturated heterocycles. The highest BCUT2D eigenvalue weighted by Gasteiger charge is 2.25. The molecule has 0 radical (unpaired) electrons. The first-order chi connectivity index (χ1) is 11.9. The van der Waals surface area contributed by atoms with Crippen LogP contribution in [-0.4, -0.2) is 17.9 Å². The minimum atomic E-state index is -0.592. The van der Waals surface area contributed by atoms with Gasteiger partial charge in [0.25, 0.3) is 5.91 Å². The van der Waals surface area contributed by atoms with E-state index in [9.17, 15) is 9.59 Å². The van der Waals surface area contributed by atoms with Gasteiger partial charge in [0.1, 0.15) is 6.04 Å². The number of carbonyl (C=O) groups excluding carboxylic acids is 2. The highest BCUT2D eigenvalue weighted by atomic mass is 79.9. The van der Waals surface area contributed by atoms with E-state index in [2.05, 4.69) is 26.6 Å². The molecular formula is C20H23BrN2O2. The van der Waals surface area contributed by atoms with Gasteiger partial charge in [-0.3, -0.25) is 9.59 Å². The van der Waals surface area contributed by atoms with Crippen LogP contribution in [-0.2, 0) is 4.79 Å². The van der Waals surface area contributed by atoms with Crippen molar-refractivity contribution in [3.63, 3.8) is 0 Å². The van der Waals surface area contributed by atoms with Gasteiger partial charge in [-0.1, -0.05) is 60.1 Å². The predicted molar refractivity (Wildman–Crippen MR) is 103 cm³/mol. The van der Waals surface area contributed by atoms with Crippen molar-refractivity contribution >= 4 is 27.7 Å². The molecule has 0 aromatic heterocycles. The SMILES string of the molecule is CC(NC(=O)C(NC(=O)c1ccccc1)C(C)C)c1ccc(Br)cc1. The first kappa shape index (κ1) is 19.2. The maximum Gasteiger partial charge on any atom is 0.251 e. The molecule has 0 spiro atoms. The summed E-state index contributed by atoms with van der Waals surface area (Å²) in [5, 5.41) is 5.82.